The lowest BCUT2D eigenvalue weighted by atomic mass is 9.89. The Morgan fingerprint density at radius 2 is 1.85 bits per heavy atom. The number of carbonyl (C=O) groups excluding carboxylic acids is 3. The van der Waals surface area contributed by atoms with Crippen LogP contribution in [0.3, 0.4) is 0 Å². The van der Waals surface area contributed by atoms with Gasteiger partial charge in [0.15, 0.2) is 0 Å². The van der Waals surface area contributed by atoms with Crippen LogP contribution in [0.5, 0.6) is 0 Å². The minimum atomic E-state index is -0.641. The fourth-order valence-electron chi connectivity index (χ4n) is 5.32. The van der Waals surface area contributed by atoms with Gasteiger partial charge in [-0.2, -0.15) is 0 Å². The highest BCUT2D eigenvalue weighted by molar-refractivity contribution is 5.88. The largest absolute Gasteiger partial charge is 0.465 e. The highest BCUT2D eigenvalue weighted by Crippen LogP contribution is 2.33. The third-order valence-electron chi connectivity index (χ3n) is 6.90. The zero-order valence-electron chi connectivity index (χ0n) is 23.1. The highest BCUT2D eigenvalue weighted by atomic mass is 19.1. The summed E-state index contributed by atoms with van der Waals surface area (Å²) in [6, 6.07) is 14.0. The Labute approximate surface area is 228 Å². The molecule has 39 heavy (non-hydrogen) atoms. The van der Waals surface area contributed by atoms with Crippen LogP contribution in [-0.2, 0) is 49.7 Å². The molecular weight excluding hydrogens is 499 g/mol. The first-order valence-electron chi connectivity index (χ1n) is 13.5. The lowest BCUT2D eigenvalue weighted by Gasteiger charge is -2.27. The number of ether oxygens (including phenoxy) is 2. The van der Waals surface area contributed by atoms with Crippen molar-refractivity contribution in [3.05, 3.63) is 71.2 Å². The average molecular weight is 537 g/mol. The SMILES string of the molecule is CCOC(=O)Cn1c2c(c3cc(F)ccc31)CC(NC(=O)C(CC(=O)OC(C)(C)C)Cc1ccccc1)CC2. The number of amides is 1. The lowest BCUT2D eigenvalue weighted by molar-refractivity contribution is -0.157. The maximum Gasteiger partial charge on any atom is 0.325 e. The molecule has 1 aliphatic carbocycles. The normalized spacial score (nSPS) is 15.9. The van der Waals surface area contributed by atoms with Crippen molar-refractivity contribution in [2.24, 2.45) is 5.92 Å². The molecular formula is C31H37FN2O5. The summed E-state index contributed by atoms with van der Waals surface area (Å²) >= 11 is 0. The van der Waals surface area contributed by atoms with E-state index in [2.05, 4.69) is 5.32 Å². The van der Waals surface area contributed by atoms with Crippen LogP contribution in [0, 0.1) is 11.7 Å². The number of nitrogens with one attached hydrogen (secondary N) is 1. The Morgan fingerprint density at radius 1 is 1.10 bits per heavy atom. The lowest BCUT2D eigenvalue weighted by Crippen LogP contribution is -2.43. The van der Waals surface area contributed by atoms with Crippen molar-refractivity contribution in [1.82, 2.24) is 9.88 Å². The number of carbonyl (C=O) groups is 3. The van der Waals surface area contributed by atoms with Gasteiger partial charge in [0.05, 0.1) is 18.9 Å². The van der Waals surface area contributed by atoms with Crippen molar-refractivity contribution in [3.8, 4) is 0 Å². The quantitative estimate of drug-likeness (QED) is 0.393. The Balaban J connectivity index is 1.55. The van der Waals surface area contributed by atoms with E-state index in [1.807, 2.05) is 34.9 Å². The molecule has 0 saturated carbocycles. The first kappa shape index (κ1) is 28.3. The molecule has 208 valence electrons. The molecule has 2 atom stereocenters. The third-order valence-corrected chi connectivity index (χ3v) is 6.90. The molecule has 0 radical (unpaired) electrons. The summed E-state index contributed by atoms with van der Waals surface area (Å²) in [5.41, 5.74) is 2.98. The van der Waals surface area contributed by atoms with E-state index >= 15 is 0 Å². The van der Waals surface area contributed by atoms with E-state index in [9.17, 15) is 18.8 Å². The van der Waals surface area contributed by atoms with Crippen molar-refractivity contribution in [1.29, 1.82) is 0 Å². The predicted octanol–water partition coefficient (Wildman–Crippen LogP) is 4.91. The van der Waals surface area contributed by atoms with Gasteiger partial charge in [0.1, 0.15) is 18.0 Å². The maximum absolute atomic E-state index is 14.2. The summed E-state index contributed by atoms with van der Waals surface area (Å²) < 4.78 is 26.8. The summed E-state index contributed by atoms with van der Waals surface area (Å²) in [4.78, 5) is 38.5. The fraction of sp³-hybridized carbons (Fsp3) is 0.452. The van der Waals surface area contributed by atoms with Gasteiger partial charge >= 0.3 is 11.9 Å². The number of fused-ring (bicyclic) bond motifs is 3. The summed E-state index contributed by atoms with van der Waals surface area (Å²) in [6.45, 7) is 7.51. The molecule has 0 bridgehead atoms. The van der Waals surface area contributed by atoms with E-state index in [1.165, 1.54) is 12.1 Å². The van der Waals surface area contributed by atoms with Crippen LogP contribution >= 0.6 is 0 Å². The highest BCUT2D eigenvalue weighted by Gasteiger charge is 2.31. The van der Waals surface area contributed by atoms with Crippen LogP contribution in [0.1, 0.15) is 57.4 Å². The zero-order valence-corrected chi connectivity index (χ0v) is 23.1. The zero-order chi connectivity index (χ0) is 28.2. The molecule has 0 aliphatic heterocycles. The second-order valence-electron chi connectivity index (χ2n) is 11.1. The summed E-state index contributed by atoms with van der Waals surface area (Å²) in [5, 5.41) is 3.90. The van der Waals surface area contributed by atoms with E-state index in [1.54, 1.807) is 33.8 Å². The maximum atomic E-state index is 14.2. The Morgan fingerprint density at radius 3 is 2.54 bits per heavy atom. The molecule has 7 nitrogen and oxygen atoms in total. The number of aromatic nitrogens is 1. The number of esters is 2. The van der Waals surface area contributed by atoms with Gasteiger partial charge in [0, 0.05) is 22.6 Å². The number of hydrogen-bond acceptors (Lipinski definition) is 5. The van der Waals surface area contributed by atoms with Gasteiger partial charge in [-0.1, -0.05) is 30.3 Å². The Bertz CT molecular complexity index is 1340. The standard InChI is InChI=1S/C31H37FN2O5/c1-5-38-29(36)19-34-26-13-11-22(32)17-24(26)25-18-23(12-14-27(25)34)33-30(37)21(15-20-9-7-6-8-10-20)16-28(35)39-31(2,3)4/h6-11,13,17,21,23H,5,12,14-16,18-19H2,1-4H3,(H,33,37). The molecule has 1 amide bonds. The molecule has 0 spiro atoms. The van der Waals surface area contributed by atoms with Crippen molar-refractivity contribution in [2.75, 3.05) is 6.61 Å². The molecule has 0 saturated heterocycles. The number of nitrogens with zero attached hydrogens (tertiary/aromatic N) is 1. The molecule has 4 rings (SSSR count). The van der Waals surface area contributed by atoms with Crippen LogP contribution in [-0.4, -0.2) is 40.7 Å². The van der Waals surface area contributed by atoms with Crippen LogP contribution < -0.4 is 5.32 Å². The second-order valence-corrected chi connectivity index (χ2v) is 11.1. The monoisotopic (exact) mass is 536 g/mol. The molecule has 0 fully saturated rings. The molecule has 1 N–H and O–H groups in total. The average Bonchev–Trinajstić information content (AvgIpc) is 3.15. The molecule has 3 aromatic rings. The molecule has 2 unspecified atom stereocenters. The first-order chi connectivity index (χ1) is 18.5. The van der Waals surface area contributed by atoms with Gasteiger partial charge in [-0.25, -0.2) is 4.39 Å². The number of rotatable bonds is 9. The number of hydrogen-bond donors (Lipinski definition) is 1. The summed E-state index contributed by atoms with van der Waals surface area (Å²) in [7, 11) is 0. The van der Waals surface area contributed by atoms with E-state index in [0.717, 1.165) is 27.7 Å². The van der Waals surface area contributed by atoms with Crippen LogP contribution in [0.25, 0.3) is 10.9 Å². The minimum Gasteiger partial charge on any atom is -0.465 e. The van der Waals surface area contributed by atoms with Gasteiger partial charge in [-0.05, 0) is 82.7 Å². The first-order valence-corrected chi connectivity index (χ1v) is 13.5. The predicted molar refractivity (Wildman–Crippen MR) is 147 cm³/mol. The smallest absolute Gasteiger partial charge is 0.325 e. The fourth-order valence-corrected chi connectivity index (χ4v) is 5.32. The number of halogens is 1. The second kappa shape index (κ2) is 12.0. The third kappa shape index (κ3) is 7.25. The Kier molecular flexibility index (Phi) is 8.73. The van der Waals surface area contributed by atoms with Crippen molar-refractivity contribution in [3.63, 3.8) is 0 Å². The van der Waals surface area contributed by atoms with Crippen LogP contribution in [0.4, 0.5) is 4.39 Å². The van der Waals surface area contributed by atoms with Crippen LogP contribution in [0.2, 0.25) is 0 Å². The molecule has 1 aliphatic rings. The van der Waals surface area contributed by atoms with Crippen molar-refractivity contribution < 1.29 is 28.2 Å². The topological polar surface area (TPSA) is 86.6 Å². The number of benzene rings is 2. The van der Waals surface area contributed by atoms with Gasteiger partial charge < -0.3 is 19.4 Å². The Hall–Kier alpha value is -3.68. The van der Waals surface area contributed by atoms with Gasteiger partial charge in [0.25, 0.3) is 0 Å². The van der Waals surface area contributed by atoms with E-state index in [4.69, 9.17) is 9.47 Å². The van der Waals surface area contributed by atoms with Crippen molar-refractivity contribution >= 4 is 28.7 Å². The van der Waals surface area contributed by atoms with Crippen LogP contribution in [0.15, 0.2) is 48.5 Å². The van der Waals surface area contributed by atoms with E-state index < -0.39 is 17.5 Å². The molecule has 8 heteroatoms. The van der Waals surface area contributed by atoms with Gasteiger partial charge in [-0.15, -0.1) is 0 Å². The summed E-state index contributed by atoms with van der Waals surface area (Å²) in [5.74, 6) is -1.92. The molecule has 2 aromatic carbocycles. The van der Waals surface area contributed by atoms with Gasteiger partial charge in [0.2, 0.25) is 5.91 Å². The molecule has 1 aromatic heterocycles. The molecule has 1 heterocycles. The summed E-state index contributed by atoms with van der Waals surface area (Å²) in [6.07, 6.45) is 2.16. The minimum absolute atomic E-state index is 0.0278. The van der Waals surface area contributed by atoms with Crippen molar-refractivity contribution in [2.45, 2.75) is 78.0 Å². The van der Waals surface area contributed by atoms with Gasteiger partial charge in [-0.3, -0.25) is 14.4 Å². The van der Waals surface area contributed by atoms with E-state index in [-0.39, 0.29) is 43.3 Å². The van der Waals surface area contributed by atoms with E-state index in [0.29, 0.717) is 25.7 Å².